The molecule has 1 N–H and O–H groups in total. The highest BCUT2D eigenvalue weighted by molar-refractivity contribution is 7.93. The van der Waals surface area contributed by atoms with E-state index in [1.165, 1.54) is 22.5 Å². The summed E-state index contributed by atoms with van der Waals surface area (Å²) in [6.45, 7) is 1.90. The van der Waals surface area contributed by atoms with Crippen molar-refractivity contribution in [3.63, 3.8) is 0 Å². The zero-order valence-corrected chi connectivity index (χ0v) is 11.7. The van der Waals surface area contributed by atoms with Crippen molar-refractivity contribution in [1.29, 1.82) is 5.26 Å². The van der Waals surface area contributed by atoms with Gasteiger partial charge in [0.15, 0.2) is 5.25 Å². The number of anilines is 1. The Labute approximate surface area is 117 Å². The number of nitriles is 1. The molecule has 0 amide bonds. The monoisotopic (exact) mass is 294 g/mol. The molecule has 0 bridgehead atoms. The van der Waals surface area contributed by atoms with E-state index in [1.54, 1.807) is 13.0 Å². The molecular formula is C13H14N2O4S. The smallest absolute Gasteiger partial charge is 0.335 e. The molecule has 0 saturated heterocycles. The van der Waals surface area contributed by atoms with E-state index in [1.807, 2.05) is 0 Å². The zero-order valence-electron chi connectivity index (χ0n) is 10.9. The number of rotatable bonds is 4. The fourth-order valence-corrected chi connectivity index (χ4v) is 3.95. The van der Waals surface area contributed by atoms with Crippen molar-refractivity contribution in [1.82, 2.24) is 0 Å². The molecule has 20 heavy (non-hydrogen) atoms. The molecule has 0 saturated carbocycles. The van der Waals surface area contributed by atoms with Gasteiger partial charge in [0, 0.05) is 6.54 Å². The van der Waals surface area contributed by atoms with Gasteiger partial charge in [-0.15, -0.1) is 0 Å². The molecule has 1 atom stereocenters. The van der Waals surface area contributed by atoms with Crippen LogP contribution in [-0.4, -0.2) is 31.3 Å². The second kappa shape index (κ2) is 5.13. The summed E-state index contributed by atoms with van der Waals surface area (Å²) in [5.74, 6) is -1.04. The second-order valence-corrected chi connectivity index (χ2v) is 6.58. The van der Waals surface area contributed by atoms with E-state index < -0.39 is 21.2 Å². The average Bonchev–Trinajstić information content (AvgIpc) is 2.83. The van der Waals surface area contributed by atoms with Crippen LogP contribution in [0.25, 0.3) is 0 Å². The molecule has 1 aromatic rings. The van der Waals surface area contributed by atoms with Gasteiger partial charge in [0.05, 0.1) is 17.3 Å². The molecule has 0 spiro atoms. The Bertz CT molecular complexity index is 691. The van der Waals surface area contributed by atoms with Crippen LogP contribution in [-0.2, 0) is 16.4 Å². The summed E-state index contributed by atoms with van der Waals surface area (Å²) in [7, 11) is -3.72. The molecule has 2 rings (SSSR count). The number of hydrogen-bond donors (Lipinski definition) is 1. The third-order valence-electron chi connectivity index (χ3n) is 3.36. The normalized spacial score (nSPS) is 15.5. The van der Waals surface area contributed by atoms with E-state index in [9.17, 15) is 13.2 Å². The van der Waals surface area contributed by atoms with Crippen LogP contribution in [0, 0.1) is 11.3 Å². The van der Waals surface area contributed by atoms with Crippen LogP contribution < -0.4 is 4.31 Å². The number of carboxylic acids is 1. The lowest BCUT2D eigenvalue weighted by Gasteiger charge is -2.21. The molecule has 0 aromatic heterocycles. The minimum absolute atomic E-state index is 0.135. The molecule has 1 aliphatic heterocycles. The lowest BCUT2D eigenvalue weighted by molar-refractivity contribution is 0.0697. The first-order chi connectivity index (χ1) is 9.41. The molecule has 1 heterocycles. The SMILES string of the molecule is CCC(C#N)S(=O)(=O)N1CCc2cc(C(=O)O)ccc21. The van der Waals surface area contributed by atoms with Crippen LogP contribution in [0.1, 0.15) is 29.3 Å². The van der Waals surface area contributed by atoms with Gasteiger partial charge in [0.2, 0.25) is 0 Å². The van der Waals surface area contributed by atoms with Gasteiger partial charge < -0.3 is 5.11 Å². The number of sulfonamides is 1. The summed E-state index contributed by atoms with van der Waals surface area (Å²) in [6, 6.07) is 6.16. The molecule has 0 fully saturated rings. The van der Waals surface area contributed by atoms with Gasteiger partial charge in [-0.1, -0.05) is 6.92 Å². The Kier molecular flexibility index (Phi) is 3.68. The molecule has 1 unspecified atom stereocenters. The fraction of sp³-hybridized carbons (Fsp3) is 0.385. The van der Waals surface area contributed by atoms with Gasteiger partial charge >= 0.3 is 5.97 Å². The summed E-state index contributed by atoms with van der Waals surface area (Å²) >= 11 is 0. The van der Waals surface area contributed by atoms with Crippen molar-refractivity contribution in [3.8, 4) is 6.07 Å². The Hall–Kier alpha value is -2.07. The summed E-state index contributed by atoms with van der Waals surface area (Å²) in [4.78, 5) is 10.9. The molecule has 7 heteroatoms. The molecule has 1 aromatic carbocycles. The highest BCUT2D eigenvalue weighted by Crippen LogP contribution is 2.32. The third kappa shape index (κ3) is 2.23. The van der Waals surface area contributed by atoms with Crippen molar-refractivity contribution in [2.24, 2.45) is 0 Å². The van der Waals surface area contributed by atoms with Gasteiger partial charge in [0.25, 0.3) is 10.0 Å². The highest BCUT2D eigenvalue weighted by Gasteiger charge is 2.35. The number of carbonyl (C=O) groups is 1. The van der Waals surface area contributed by atoms with Crippen LogP contribution in [0.4, 0.5) is 5.69 Å². The summed E-state index contributed by atoms with van der Waals surface area (Å²) < 4.78 is 25.9. The van der Waals surface area contributed by atoms with E-state index in [0.717, 1.165) is 0 Å². The lowest BCUT2D eigenvalue weighted by Crippen LogP contribution is -2.36. The van der Waals surface area contributed by atoms with Crippen LogP contribution in [0.5, 0.6) is 0 Å². The standard InChI is InChI=1S/C13H14N2O4S/c1-2-11(8-14)20(18,19)15-6-5-9-7-10(13(16)17)3-4-12(9)15/h3-4,7,11H,2,5-6H2,1H3,(H,16,17). The topological polar surface area (TPSA) is 98.5 Å². The van der Waals surface area contributed by atoms with Crippen molar-refractivity contribution in [2.45, 2.75) is 25.0 Å². The van der Waals surface area contributed by atoms with Crippen LogP contribution >= 0.6 is 0 Å². The van der Waals surface area contributed by atoms with Gasteiger partial charge in [-0.25, -0.2) is 13.2 Å². The van der Waals surface area contributed by atoms with Gasteiger partial charge in [0.1, 0.15) is 0 Å². The highest BCUT2D eigenvalue weighted by atomic mass is 32.2. The molecule has 6 nitrogen and oxygen atoms in total. The Morgan fingerprint density at radius 2 is 2.25 bits per heavy atom. The average molecular weight is 294 g/mol. The van der Waals surface area contributed by atoms with E-state index in [4.69, 9.17) is 10.4 Å². The predicted molar refractivity (Wildman–Crippen MR) is 73.1 cm³/mol. The largest absolute Gasteiger partial charge is 0.478 e. The van der Waals surface area contributed by atoms with Crippen LogP contribution in [0.3, 0.4) is 0 Å². The van der Waals surface area contributed by atoms with E-state index in [0.29, 0.717) is 17.7 Å². The Morgan fingerprint density at radius 3 is 2.80 bits per heavy atom. The Morgan fingerprint density at radius 1 is 1.55 bits per heavy atom. The quantitative estimate of drug-likeness (QED) is 0.904. The zero-order chi connectivity index (χ0) is 14.9. The number of nitrogens with zero attached hydrogens (tertiary/aromatic N) is 2. The number of hydrogen-bond acceptors (Lipinski definition) is 4. The minimum atomic E-state index is -3.72. The van der Waals surface area contributed by atoms with E-state index in [-0.39, 0.29) is 18.5 Å². The van der Waals surface area contributed by atoms with Crippen molar-refractivity contribution >= 4 is 21.7 Å². The van der Waals surface area contributed by atoms with Gasteiger partial charge in [-0.3, -0.25) is 4.31 Å². The number of carboxylic acid groups (broad SMARTS) is 1. The molecule has 106 valence electrons. The first-order valence-electron chi connectivity index (χ1n) is 6.19. The van der Waals surface area contributed by atoms with E-state index >= 15 is 0 Å². The van der Waals surface area contributed by atoms with Gasteiger partial charge in [-0.05, 0) is 36.6 Å². The molecule has 0 aliphatic carbocycles. The maximum absolute atomic E-state index is 12.4. The first kappa shape index (κ1) is 14.3. The fourth-order valence-electron chi connectivity index (χ4n) is 2.29. The number of benzene rings is 1. The lowest BCUT2D eigenvalue weighted by atomic mass is 10.1. The maximum atomic E-state index is 12.4. The second-order valence-electron chi connectivity index (χ2n) is 4.54. The van der Waals surface area contributed by atoms with Crippen molar-refractivity contribution < 1.29 is 18.3 Å². The maximum Gasteiger partial charge on any atom is 0.335 e. The Balaban J connectivity index is 2.43. The summed E-state index contributed by atoms with van der Waals surface area (Å²) in [6.07, 6.45) is 0.676. The van der Waals surface area contributed by atoms with Crippen molar-refractivity contribution in [3.05, 3.63) is 29.3 Å². The number of fused-ring (bicyclic) bond motifs is 1. The van der Waals surface area contributed by atoms with Gasteiger partial charge in [-0.2, -0.15) is 5.26 Å². The molecular weight excluding hydrogens is 280 g/mol. The number of aromatic carboxylic acids is 1. The molecule has 0 radical (unpaired) electrons. The van der Waals surface area contributed by atoms with Crippen LogP contribution in [0.2, 0.25) is 0 Å². The summed E-state index contributed by atoms with van der Waals surface area (Å²) in [5, 5.41) is 16.8. The summed E-state index contributed by atoms with van der Waals surface area (Å²) in [5.41, 5.74) is 1.29. The van der Waals surface area contributed by atoms with E-state index in [2.05, 4.69) is 0 Å². The molecule has 1 aliphatic rings. The minimum Gasteiger partial charge on any atom is -0.478 e. The predicted octanol–water partition coefficient (Wildman–Crippen LogP) is 1.38. The first-order valence-corrected chi connectivity index (χ1v) is 7.69. The van der Waals surface area contributed by atoms with Crippen LogP contribution in [0.15, 0.2) is 18.2 Å². The third-order valence-corrected chi connectivity index (χ3v) is 5.51. The van der Waals surface area contributed by atoms with Crippen molar-refractivity contribution in [2.75, 3.05) is 10.8 Å².